The van der Waals surface area contributed by atoms with Crippen LogP contribution in [0.25, 0.3) is 55.3 Å². The molecular weight excluding hydrogens is 759 g/mol. The molecule has 0 aliphatic heterocycles. The van der Waals surface area contributed by atoms with Crippen LogP contribution in [0.3, 0.4) is 0 Å². The van der Waals surface area contributed by atoms with E-state index in [4.69, 9.17) is 0 Å². The predicted octanol–water partition coefficient (Wildman–Crippen LogP) is 16.3. The van der Waals surface area contributed by atoms with Gasteiger partial charge in [-0.2, -0.15) is 0 Å². The van der Waals surface area contributed by atoms with Gasteiger partial charge in [0.2, 0.25) is 0 Å². The Morgan fingerprint density at radius 1 is 0.349 bits per heavy atom. The minimum absolute atomic E-state index is 0.261. The number of fused-ring (bicyclic) bond motifs is 8. The van der Waals surface area contributed by atoms with Crippen molar-refractivity contribution in [1.82, 2.24) is 0 Å². The Morgan fingerprint density at radius 2 is 0.857 bits per heavy atom. The predicted molar refractivity (Wildman–Crippen MR) is 264 cm³/mol. The Labute approximate surface area is 370 Å². The van der Waals surface area contributed by atoms with Gasteiger partial charge in [0.05, 0.1) is 11.1 Å². The van der Waals surface area contributed by atoms with Gasteiger partial charge >= 0.3 is 0 Å². The van der Waals surface area contributed by atoms with Crippen molar-refractivity contribution in [2.24, 2.45) is 0 Å². The smallest absolute Gasteiger partial charge is 0.0714 e. The second-order valence-electron chi connectivity index (χ2n) is 17.6. The van der Waals surface area contributed by atoms with E-state index in [2.05, 4.69) is 255 Å². The quantitative estimate of drug-likeness (QED) is 0.155. The molecule has 63 heavy (non-hydrogen) atoms. The number of benzene rings is 10. The molecule has 0 saturated heterocycles. The normalized spacial score (nSPS) is 13.8. The molecule has 2 aliphatic rings. The second-order valence-corrected chi connectivity index (χ2v) is 17.6. The lowest BCUT2D eigenvalue weighted by atomic mass is 9.67. The Bertz CT molecular complexity index is 3290. The summed E-state index contributed by atoms with van der Waals surface area (Å²) in [7, 11) is 0. The number of rotatable bonds is 7. The molecule has 0 N–H and O–H groups in total. The fourth-order valence-electron chi connectivity index (χ4n) is 11.1. The minimum atomic E-state index is -0.527. The molecule has 0 atom stereocenters. The monoisotopic (exact) mass is 803 g/mol. The Hall–Kier alpha value is -7.74. The summed E-state index contributed by atoms with van der Waals surface area (Å²) < 4.78 is 0. The third-order valence-electron chi connectivity index (χ3n) is 13.9. The SMILES string of the molecule is CC1(C)c2cc(-c3ccccc3)ccc2-c2c(N(c3ccc(-c4ccccc4)cc3)c3ccc4c(c3)C(c3ccccc3)(c3ccccc3)c3ccccc3-4)cc3ccccc3c21. The summed E-state index contributed by atoms with van der Waals surface area (Å²) in [5.74, 6) is 0. The number of hydrogen-bond acceptors (Lipinski definition) is 1. The van der Waals surface area contributed by atoms with Crippen LogP contribution in [0, 0.1) is 0 Å². The molecule has 0 unspecified atom stereocenters. The lowest BCUT2D eigenvalue weighted by molar-refractivity contribution is 0.666. The first-order valence-corrected chi connectivity index (χ1v) is 22.1. The summed E-state index contributed by atoms with van der Waals surface area (Å²) >= 11 is 0. The molecule has 298 valence electrons. The van der Waals surface area contributed by atoms with Gasteiger partial charge in [-0.25, -0.2) is 0 Å². The maximum absolute atomic E-state index is 2.54. The van der Waals surface area contributed by atoms with Gasteiger partial charge in [-0.3, -0.25) is 0 Å². The van der Waals surface area contributed by atoms with Gasteiger partial charge in [0, 0.05) is 22.4 Å². The molecule has 0 fully saturated rings. The minimum Gasteiger partial charge on any atom is -0.310 e. The van der Waals surface area contributed by atoms with Crippen molar-refractivity contribution in [3.8, 4) is 44.5 Å². The molecule has 1 heteroatoms. The van der Waals surface area contributed by atoms with Crippen LogP contribution in [0.4, 0.5) is 17.1 Å². The Kier molecular flexibility index (Phi) is 8.49. The zero-order valence-electron chi connectivity index (χ0n) is 35.5. The summed E-state index contributed by atoms with van der Waals surface area (Å²) in [6, 6.07) is 87.8. The summed E-state index contributed by atoms with van der Waals surface area (Å²) in [5, 5.41) is 2.53. The van der Waals surface area contributed by atoms with E-state index in [1.807, 2.05) is 0 Å². The average molecular weight is 804 g/mol. The van der Waals surface area contributed by atoms with Crippen molar-refractivity contribution in [2.45, 2.75) is 24.7 Å². The molecular formula is C62H45N. The van der Waals surface area contributed by atoms with Gasteiger partial charge in [0.15, 0.2) is 0 Å². The summed E-state index contributed by atoms with van der Waals surface area (Å²) in [6.07, 6.45) is 0. The van der Waals surface area contributed by atoms with Crippen LogP contribution >= 0.6 is 0 Å². The van der Waals surface area contributed by atoms with Gasteiger partial charge in [-0.15, -0.1) is 0 Å². The van der Waals surface area contributed by atoms with Crippen LogP contribution < -0.4 is 4.90 Å². The molecule has 1 nitrogen and oxygen atoms in total. The van der Waals surface area contributed by atoms with Crippen molar-refractivity contribution < 1.29 is 0 Å². The van der Waals surface area contributed by atoms with Crippen LogP contribution in [-0.2, 0) is 10.8 Å². The Balaban J connectivity index is 1.15. The average Bonchev–Trinajstić information content (AvgIpc) is 3.78. The van der Waals surface area contributed by atoms with Gasteiger partial charge in [-0.1, -0.05) is 214 Å². The van der Waals surface area contributed by atoms with Crippen molar-refractivity contribution in [3.05, 3.63) is 270 Å². The number of hydrogen-bond donors (Lipinski definition) is 0. The lowest BCUT2D eigenvalue weighted by Gasteiger charge is -2.35. The van der Waals surface area contributed by atoms with E-state index in [1.54, 1.807) is 0 Å². The highest BCUT2D eigenvalue weighted by Gasteiger charge is 2.47. The third kappa shape index (κ3) is 5.63. The Morgan fingerprint density at radius 3 is 1.54 bits per heavy atom. The lowest BCUT2D eigenvalue weighted by Crippen LogP contribution is -2.28. The molecule has 0 amide bonds. The summed E-state index contributed by atoms with van der Waals surface area (Å²) in [4.78, 5) is 2.54. The standard InChI is InChI=1S/C62H45N/c1-61(2)56-39-45(43-21-9-4-10-22-43)33-37-54(56)59-58(40-46-23-15-16-28-51(46)60(59)61)63(49-34-31-44(32-35-49)42-19-7-3-8-20-42)50-36-38-53-52-29-17-18-30-55(52)62(57(53)41-50,47-24-11-5-12-25-47)48-26-13-6-14-27-48/h3-41H,1-2H3. The molecule has 0 radical (unpaired) electrons. The molecule has 0 heterocycles. The fourth-order valence-corrected chi connectivity index (χ4v) is 11.1. The zero-order chi connectivity index (χ0) is 42.1. The fraction of sp³-hybridized carbons (Fsp3) is 0.0645. The first kappa shape index (κ1) is 37.1. The van der Waals surface area contributed by atoms with Crippen molar-refractivity contribution in [2.75, 3.05) is 4.90 Å². The van der Waals surface area contributed by atoms with Gasteiger partial charge in [-0.05, 0) is 119 Å². The number of nitrogens with zero attached hydrogens (tertiary/aromatic N) is 1. The highest BCUT2D eigenvalue weighted by atomic mass is 15.1. The largest absolute Gasteiger partial charge is 0.310 e. The molecule has 0 saturated carbocycles. The van der Waals surface area contributed by atoms with E-state index >= 15 is 0 Å². The van der Waals surface area contributed by atoms with Gasteiger partial charge in [0.1, 0.15) is 0 Å². The van der Waals surface area contributed by atoms with Crippen molar-refractivity contribution in [3.63, 3.8) is 0 Å². The van der Waals surface area contributed by atoms with Crippen LogP contribution in [0.15, 0.2) is 237 Å². The topological polar surface area (TPSA) is 3.24 Å². The van der Waals surface area contributed by atoms with Crippen LogP contribution in [0.5, 0.6) is 0 Å². The van der Waals surface area contributed by atoms with Crippen molar-refractivity contribution in [1.29, 1.82) is 0 Å². The van der Waals surface area contributed by atoms with E-state index in [0.29, 0.717) is 0 Å². The van der Waals surface area contributed by atoms with Crippen molar-refractivity contribution >= 4 is 27.8 Å². The van der Waals surface area contributed by atoms with E-state index in [1.165, 1.54) is 94.3 Å². The zero-order valence-corrected chi connectivity index (χ0v) is 35.5. The maximum Gasteiger partial charge on any atom is 0.0714 e. The number of anilines is 3. The third-order valence-corrected chi connectivity index (χ3v) is 13.9. The molecule has 10 aromatic rings. The van der Waals surface area contributed by atoms with Crippen LogP contribution in [-0.4, -0.2) is 0 Å². The van der Waals surface area contributed by atoms with E-state index in [-0.39, 0.29) is 5.41 Å². The maximum atomic E-state index is 2.54. The van der Waals surface area contributed by atoms with E-state index in [9.17, 15) is 0 Å². The van der Waals surface area contributed by atoms with Gasteiger partial charge < -0.3 is 4.90 Å². The summed E-state index contributed by atoms with van der Waals surface area (Å²) in [6.45, 7) is 4.84. The molecule has 0 bridgehead atoms. The highest BCUT2D eigenvalue weighted by molar-refractivity contribution is 6.06. The molecule has 2 aliphatic carbocycles. The van der Waals surface area contributed by atoms with E-state index in [0.717, 1.165) is 11.4 Å². The second kappa shape index (κ2) is 14.4. The first-order chi connectivity index (χ1) is 31.0. The van der Waals surface area contributed by atoms with E-state index < -0.39 is 5.41 Å². The first-order valence-electron chi connectivity index (χ1n) is 22.1. The highest BCUT2D eigenvalue weighted by Crippen LogP contribution is 2.60. The van der Waals surface area contributed by atoms with Gasteiger partial charge in [0.25, 0.3) is 0 Å². The van der Waals surface area contributed by atoms with Crippen LogP contribution in [0.2, 0.25) is 0 Å². The molecule has 12 rings (SSSR count). The molecule has 0 aromatic heterocycles. The molecule has 0 spiro atoms. The van der Waals surface area contributed by atoms with Crippen LogP contribution in [0.1, 0.15) is 47.2 Å². The molecule has 10 aromatic carbocycles. The summed E-state index contributed by atoms with van der Waals surface area (Å²) in [5.41, 5.74) is 20.5.